The molecule has 2 amide bonds. The number of nitrogens with zero attached hydrogens (tertiary/aromatic N) is 3. The van der Waals surface area contributed by atoms with Crippen LogP contribution in [-0.4, -0.2) is 63.2 Å². The van der Waals surface area contributed by atoms with Gasteiger partial charge in [-0.3, -0.25) is 9.59 Å². The van der Waals surface area contributed by atoms with E-state index < -0.39 is 40.4 Å². The molecule has 3 aromatic carbocycles. The molecule has 0 heterocycles. The van der Waals surface area contributed by atoms with Crippen LogP contribution >= 0.6 is 11.6 Å². The molecule has 8 nitrogen and oxygen atoms in total. The van der Waals surface area contributed by atoms with Gasteiger partial charge in [-0.25, -0.2) is 8.70 Å². The second-order valence-corrected chi connectivity index (χ2v) is 11.2. The average Bonchev–Trinajstić information content (AvgIpc) is 2.90. The summed E-state index contributed by atoms with van der Waals surface area (Å²) < 4.78 is 41.9. The van der Waals surface area contributed by atoms with Gasteiger partial charge in [-0.05, 0) is 47.5 Å². The molecule has 0 aliphatic heterocycles. The molecule has 1 N–H and O–H groups in total. The monoisotopic (exact) mass is 560 g/mol. The number of halogens is 2. The quantitative estimate of drug-likeness (QED) is 0.389. The summed E-state index contributed by atoms with van der Waals surface area (Å²) in [5, 5.41) is 3.13. The molecular formula is C27H30ClFN4O4S. The molecule has 0 aliphatic rings. The zero-order valence-electron chi connectivity index (χ0n) is 21.3. The Morgan fingerprint density at radius 2 is 1.53 bits per heavy atom. The number of carbonyl (C=O) groups is 2. The van der Waals surface area contributed by atoms with Crippen LogP contribution in [0.25, 0.3) is 0 Å². The minimum atomic E-state index is -4.14. The molecule has 1 atom stereocenters. The van der Waals surface area contributed by atoms with Gasteiger partial charge in [0.2, 0.25) is 11.8 Å². The van der Waals surface area contributed by atoms with Crippen LogP contribution in [0.1, 0.15) is 11.1 Å². The van der Waals surface area contributed by atoms with Crippen LogP contribution in [0.4, 0.5) is 10.1 Å². The lowest BCUT2D eigenvalue weighted by Crippen LogP contribution is -2.53. The highest BCUT2D eigenvalue weighted by atomic mass is 35.5. The maximum atomic E-state index is 13.9. The van der Waals surface area contributed by atoms with E-state index in [0.717, 1.165) is 26.3 Å². The first-order chi connectivity index (χ1) is 18.0. The third-order valence-corrected chi connectivity index (χ3v) is 7.99. The zero-order chi connectivity index (χ0) is 27.9. The fourth-order valence-electron chi connectivity index (χ4n) is 3.83. The first-order valence-electron chi connectivity index (χ1n) is 11.8. The van der Waals surface area contributed by atoms with Crippen LogP contribution in [-0.2, 0) is 32.8 Å². The van der Waals surface area contributed by atoms with Crippen molar-refractivity contribution in [2.75, 3.05) is 32.0 Å². The number of nitrogens with one attached hydrogen (secondary N) is 1. The Balaban J connectivity index is 2.05. The summed E-state index contributed by atoms with van der Waals surface area (Å²) in [5.41, 5.74) is 1.64. The Morgan fingerprint density at radius 1 is 0.921 bits per heavy atom. The molecule has 0 unspecified atom stereocenters. The number of hydrogen-bond donors (Lipinski definition) is 1. The fourth-order valence-corrected chi connectivity index (χ4v) is 5.01. The van der Waals surface area contributed by atoms with Gasteiger partial charge in [-0.2, -0.15) is 12.7 Å². The maximum Gasteiger partial charge on any atom is 0.304 e. The summed E-state index contributed by atoms with van der Waals surface area (Å²) in [6.45, 7) is -0.581. The van der Waals surface area contributed by atoms with E-state index in [1.54, 1.807) is 24.3 Å². The fraction of sp³-hybridized carbons (Fsp3) is 0.259. The second kappa shape index (κ2) is 12.9. The zero-order valence-corrected chi connectivity index (χ0v) is 22.9. The Bertz CT molecular complexity index is 1340. The number of carbonyl (C=O) groups excluding carboxylic acids is 2. The molecule has 3 rings (SSSR count). The predicted octanol–water partition coefficient (Wildman–Crippen LogP) is 3.48. The maximum absolute atomic E-state index is 13.9. The molecule has 0 fully saturated rings. The van der Waals surface area contributed by atoms with Crippen molar-refractivity contribution in [3.8, 4) is 0 Å². The van der Waals surface area contributed by atoms with E-state index in [0.29, 0.717) is 10.6 Å². The molecule has 0 radical (unpaired) electrons. The molecule has 0 saturated carbocycles. The smallest absolute Gasteiger partial charge is 0.304 e. The Labute approximate surface area is 227 Å². The minimum absolute atomic E-state index is 0.0280. The molecular weight excluding hydrogens is 531 g/mol. The third kappa shape index (κ3) is 7.31. The molecule has 202 valence electrons. The van der Waals surface area contributed by atoms with Gasteiger partial charge in [0, 0.05) is 39.1 Å². The van der Waals surface area contributed by atoms with Crippen LogP contribution < -0.4 is 9.62 Å². The van der Waals surface area contributed by atoms with Gasteiger partial charge >= 0.3 is 10.2 Å². The van der Waals surface area contributed by atoms with Gasteiger partial charge in [0.15, 0.2) is 0 Å². The van der Waals surface area contributed by atoms with E-state index in [4.69, 9.17) is 11.6 Å². The summed E-state index contributed by atoms with van der Waals surface area (Å²) in [7, 11) is 0.0108. The van der Waals surface area contributed by atoms with Crippen molar-refractivity contribution in [2.24, 2.45) is 0 Å². The number of likely N-dealkylation sites (N-methyl/N-ethyl adjacent to an activating group) is 1. The lowest BCUT2D eigenvalue weighted by molar-refractivity contribution is -0.139. The van der Waals surface area contributed by atoms with Gasteiger partial charge in [-0.15, -0.1) is 0 Å². The number of anilines is 1. The molecule has 3 aromatic rings. The minimum Gasteiger partial charge on any atom is -0.357 e. The van der Waals surface area contributed by atoms with Crippen molar-refractivity contribution in [3.05, 3.63) is 101 Å². The van der Waals surface area contributed by atoms with E-state index in [9.17, 15) is 22.4 Å². The van der Waals surface area contributed by atoms with Gasteiger partial charge in [0.05, 0.1) is 5.69 Å². The van der Waals surface area contributed by atoms with Gasteiger partial charge in [-0.1, -0.05) is 54.1 Å². The lowest BCUT2D eigenvalue weighted by Gasteiger charge is -2.34. The molecule has 0 aromatic heterocycles. The molecule has 0 aliphatic carbocycles. The molecule has 38 heavy (non-hydrogen) atoms. The predicted molar refractivity (Wildman–Crippen MR) is 146 cm³/mol. The normalized spacial score (nSPS) is 12.2. The molecule has 0 saturated heterocycles. The van der Waals surface area contributed by atoms with Gasteiger partial charge < -0.3 is 10.2 Å². The van der Waals surface area contributed by atoms with Gasteiger partial charge in [0.1, 0.15) is 18.4 Å². The SMILES string of the molecule is CNC(=O)[C@@H](Cc1ccccc1)N(Cc1ccc(Cl)cc1)C(=O)CN(c1ccc(F)cc1)S(=O)(=O)N(C)C. The van der Waals surface area contributed by atoms with Crippen LogP contribution in [0, 0.1) is 5.82 Å². The highest BCUT2D eigenvalue weighted by Gasteiger charge is 2.34. The summed E-state index contributed by atoms with van der Waals surface area (Å²) >= 11 is 6.03. The Morgan fingerprint density at radius 3 is 2.08 bits per heavy atom. The van der Waals surface area contributed by atoms with Crippen LogP contribution in [0.2, 0.25) is 5.02 Å². The largest absolute Gasteiger partial charge is 0.357 e. The van der Waals surface area contributed by atoms with Gasteiger partial charge in [0.25, 0.3) is 0 Å². The van der Waals surface area contributed by atoms with E-state index in [1.165, 1.54) is 38.2 Å². The second-order valence-electron chi connectivity index (χ2n) is 8.74. The number of benzene rings is 3. The molecule has 0 spiro atoms. The summed E-state index contributed by atoms with van der Waals surface area (Å²) in [6, 6.07) is 19.9. The highest BCUT2D eigenvalue weighted by molar-refractivity contribution is 7.90. The topological polar surface area (TPSA) is 90.0 Å². The first kappa shape index (κ1) is 29.1. The van der Waals surface area contributed by atoms with Crippen molar-refractivity contribution < 1.29 is 22.4 Å². The van der Waals surface area contributed by atoms with Crippen molar-refractivity contribution >= 4 is 39.3 Å². The standard InChI is InChI=1S/C27H30ClFN4O4S/c1-30-27(35)25(17-20-7-5-4-6-8-20)32(18-21-9-11-22(28)12-10-21)26(34)19-33(38(36,37)31(2)3)24-15-13-23(29)14-16-24/h4-16,25H,17-19H2,1-3H3,(H,30,35)/t25-/m1/s1. The van der Waals surface area contributed by atoms with Crippen molar-refractivity contribution in [2.45, 2.75) is 19.0 Å². The number of hydrogen-bond acceptors (Lipinski definition) is 4. The van der Waals surface area contributed by atoms with E-state index in [-0.39, 0.29) is 18.7 Å². The summed E-state index contributed by atoms with van der Waals surface area (Å²) in [5.74, 6) is -1.56. The van der Waals surface area contributed by atoms with Crippen LogP contribution in [0.3, 0.4) is 0 Å². The Kier molecular flexibility index (Phi) is 9.84. The van der Waals surface area contributed by atoms with E-state index in [2.05, 4.69) is 5.32 Å². The summed E-state index contributed by atoms with van der Waals surface area (Å²) in [6.07, 6.45) is 0.205. The van der Waals surface area contributed by atoms with E-state index >= 15 is 0 Å². The highest BCUT2D eigenvalue weighted by Crippen LogP contribution is 2.22. The van der Waals surface area contributed by atoms with Crippen molar-refractivity contribution in [1.82, 2.24) is 14.5 Å². The number of rotatable bonds is 11. The van der Waals surface area contributed by atoms with Crippen LogP contribution in [0.15, 0.2) is 78.9 Å². The molecule has 11 heteroatoms. The third-order valence-electron chi connectivity index (χ3n) is 5.92. The van der Waals surface area contributed by atoms with Crippen molar-refractivity contribution in [1.29, 1.82) is 0 Å². The Hall–Kier alpha value is -3.47. The number of amides is 2. The lowest BCUT2D eigenvalue weighted by atomic mass is 10.0. The van der Waals surface area contributed by atoms with Crippen molar-refractivity contribution in [3.63, 3.8) is 0 Å². The first-order valence-corrected chi connectivity index (χ1v) is 13.6. The van der Waals surface area contributed by atoms with Crippen LogP contribution in [0.5, 0.6) is 0 Å². The van der Waals surface area contributed by atoms with E-state index in [1.807, 2.05) is 30.3 Å². The summed E-state index contributed by atoms with van der Waals surface area (Å²) in [4.78, 5) is 28.4. The average molecular weight is 561 g/mol. The molecule has 0 bridgehead atoms.